The zero-order chi connectivity index (χ0) is 18.7. The number of amides is 1. The lowest BCUT2D eigenvalue weighted by Gasteiger charge is -2.30. The molecule has 8 heteroatoms. The van der Waals surface area contributed by atoms with Crippen molar-refractivity contribution in [3.8, 4) is 5.69 Å². The van der Waals surface area contributed by atoms with E-state index in [1.807, 2.05) is 6.92 Å². The molecule has 1 aromatic heterocycles. The molecular formula is C18H22FN3OS3. The number of hydrogen-bond acceptors (Lipinski definition) is 5. The molecule has 0 aliphatic heterocycles. The number of hydrogen-bond donors (Lipinski definition) is 1. The maximum atomic E-state index is 13.1. The summed E-state index contributed by atoms with van der Waals surface area (Å²) in [6, 6.07) is 6.31. The van der Waals surface area contributed by atoms with Crippen LogP contribution >= 0.6 is 35.3 Å². The maximum absolute atomic E-state index is 13.1. The minimum Gasteiger partial charge on any atom is -0.352 e. The highest BCUT2D eigenvalue weighted by molar-refractivity contribution is 8.02. The Hall–Kier alpha value is -1.25. The van der Waals surface area contributed by atoms with Crippen molar-refractivity contribution in [2.45, 2.75) is 55.2 Å². The van der Waals surface area contributed by atoms with E-state index >= 15 is 0 Å². The summed E-state index contributed by atoms with van der Waals surface area (Å²) in [4.78, 5) is 12.5. The smallest absolute Gasteiger partial charge is 0.233 e. The summed E-state index contributed by atoms with van der Waals surface area (Å²) in [6.45, 7) is 4.10. The Bertz CT molecular complexity index is 818. The fourth-order valence-corrected chi connectivity index (χ4v) is 5.60. The van der Waals surface area contributed by atoms with Gasteiger partial charge in [0, 0.05) is 6.04 Å². The third kappa shape index (κ3) is 4.72. The van der Waals surface area contributed by atoms with Gasteiger partial charge in [-0.1, -0.05) is 42.9 Å². The van der Waals surface area contributed by atoms with Crippen molar-refractivity contribution in [2.24, 2.45) is 5.92 Å². The molecule has 1 saturated carbocycles. The van der Waals surface area contributed by atoms with E-state index in [0.29, 0.717) is 15.6 Å². The van der Waals surface area contributed by atoms with Crippen LogP contribution in [0.4, 0.5) is 4.39 Å². The Morgan fingerprint density at radius 3 is 2.77 bits per heavy atom. The molecule has 3 atom stereocenters. The Kier molecular flexibility index (Phi) is 6.47. The first-order chi connectivity index (χ1) is 12.4. The van der Waals surface area contributed by atoms with Crippen molar-refractivity contribution in [2.75, 3.05) is 0 Å². The minimum atomic E-state index is -0.299. The molecule has 0 bridgehead atoms. The molecule has 1 fully saturated rings. The Morgan fingerprint density at radius 2 is 2.08 bits per heavy atom. The molecule has 0 spiro atoms. The highest BCUT2D eigenvalue weighted by atomic mass is 32.2. The van der Waals surface area contributed by atoms with E-state index in [1.165, 1.54) is 54.5 Å². The van der Waals surface area contributed by atoms with Crippen molar-refractivity contribution < 1.29 is 9.18 Å². The van der Waals surface area contributed by atoms with Crippen LogP contribution in [-0.4, -0.2) is 27.0 Å². The largest absolute Gasteiger partial charge is 0.352 e. The summed E-state index contributed by atoms with van der Waals surface area (Å²) in [5.41, 5.74) is 0.715. The molecule has 26 heavy (non-hydrogen) atoms. The number of nitrogens with one attached hydrogen (secondary N) is 1. The number of nitrogens with zero attached hydrogens (tertiary/aromatic N) is 2. The van der Waals surface area contributed by atoms with E-state index in [0.717, 1.165) is 10.8 Å². The van der Waals surface area contributed by atoms with Gasteiger partial charge in [-0.2, -0.15) is 0 Å². The van der Waals surface area contributed by atoms with Gasteiger partial charge in [0.05, 0.1) is 10.9 Å². The molecule has 0 unspecified atom stereocenters. The Balaban J connectivity index is 1.65. The summed E-state index contributed by atoms with van der Waals surface area (Å²) < 4.78 is 16.0. The van der Waals surface area contributed by atoms with Crippen LogP contribution in [0.3, 0.4) is 0 Å². The summed E-state index contributed by atoms with van der Waals surface area (Å²) in [7, 11) is 0. The molecule has 0 saturated heterocycles. The van der Waals surface area contributed by atoms with Gasteiger partial charge in [0.2, 0.25) is 5.91 Å². The lowest BCUT2D eigenvalue weighted by Crippen LogP contribution is -2.44. The summed E-state index contributed by atoms with van der Waals surface area (Å²) in [5.74, 6) is 0.278. The molecule has 2 aromatic rings. The average molecular weight is 412 g/mol. The van der Waals surface area contributed by atoms with E-state index in [-0.39, 0.29) is 23.0 Å². The number of thioether (sulfide) groups is 1. The fourth-order valence-electron chi connectivity index (χ4n) is 3.09. The van der Waals surface area contributed by atoms with Crippen LogP contribution in [0.15, 0.2) is 28.6 Å². The van der Waals surface area contributed by atoms with Gasteiger partial charge in [-0.3, -0.25) is 4.79 Å². The fraction of sp³-hybridized carbons (Fsp3) is 0.500. The standard InChI is InChI=1S/C18H22FN3OS3/c1-11-5-3-4-6-15(11)20-16(23)12(2)25-17-21-22(18(24)26-17)14-9-7-13(19)8-10-14/h7-12,15H,3-6H2,1-2H3,(H,20,23)/t11-,12-,15+/m1/s1. The second kappa shape index (κ2) is 8.63. The molecule has 3 rings (SSSR count). The predicted molar refractivity (Wildman–Crippen MR) is 107 cm³/mol. The van der Waals surface area contributed by atoms with Crippen LogP contribution in [0.25, 0.3) is 5.69 Å². The summed E-state index contributed by atoms with van der Waals surface area (Å²) in [5, 5.41) is 7.43. The van der Waals surface area contributed by atoms with Crippen LogP contribution < -0.4 is 5.32 Å². The van der Waals surface area contributed by atoms with Crippen LogP contribution in [0.1, 0.15) is 39.5 Å². The highest BCUT2D eigenvalue weighted by Crippen LogP contribution is 2.29. The SMILES string of the molecule is C[C@@H]1CCCC[C@@H]1NC(=O)[C@@H](C)Sc1nn(-c2ccc(F)cc2)c(=S)s1. The molecule has 1 amide bonds. The van der Waals surface area contributed by atoms with Gasteiger partial charge >= 0.3 is 0 Å². The van der Waals surface area contributed by atoms with Crippen molar-refractivity contribution >= 4 is 41.2 Å². The van der Waals surface area contributed by atoms with Crippen LogP contribution in [0.2, 0.25) is 0 Å². The second-order valence-electron chi connectivity index (χ2n) is 6.66. The van der Waals surface area contributed by atoms with E-state index in [9.17, 15) is 9.18 Å². The number of rotatable bonds is 5. The van der Waals surface area contributed by atoms with Crippen LogP contribution in [-0.2, 0) is 4.79 Å². The zero-order valence-electron chi connectivity index (χ0n) is 14.8. The van der Waals surface area contributed by atoms with Gasteiger partial charge in [0.25, 0.3) is 0 Å². The van der Waals surface area contributed by atoms with Crippen LogP contribution in [0.5, 0.6) is 0 Å². The number of carbonyl (C=O) groups is 1. The van der Waals surface area contributed by atoms with E-state index < -0.39 is 0 Å². The second-order valence-corrected chi connectivity index (χ2v) is 9.87. The van der Waals surface area contributed by atoms with Gasteiger partial charge in [0.1, 0.15) is 5.82 Å². The number of carbonyl (C=O) groups excluding carboxylic acids is 1. The molecule has 1 aliphatic carbocycles. The third-order valence-electron chi connectivity index (χ3n) is 4.69. The van der Waals surface area contributed by atoms with Gasteiger partial charge in [-0.25, -0.2) is 9.07 Å². The summed E-state index contributed by atoms with van der Waals surface area (Å²) >= 11 is 8.13. The third-order valence-corrected chi connectivity index (χ3v) is 7.10. The molecule has 1 aromatic carbocycles. The van der Waals surface area contributed by atoms with Gasteiger partial charge in [0.15, 0.2) is 8.29 Å². The first-order valence-corrected chi connectivity index (χ1v) is 10.9. The molecule has 1 N–H and O–H groups in total. The van der Waals surface area contributed by atoms with E-state index in [1.54, 1.807) is 16.8 Å². The van der Waals surface area contributed by atoms with Crippen molar-refractivity contribution in [1.29, 1.82) is 0 Å². The van der Waals surface area contributed by atoms with Gasteiger partial charge < -0.3 is 5.32 Å². The van der Waals surface area contributed by atoms with E-state index in [2.05, 4.69) is 17.3 Å². The lowest BCUT2D eigenvalue weighted by atomic mass is 9.86. The number of halogens is 1. The first kappa shape index (κ1) is 19.5. The predicted octanol–water partition coefficient (Wildman–Crippen LogP) is 4.98. The quantitative estimate of drug-likeness (QED) is 0.557. The minimum absolute atomic E-state index is 0.0446. The van der Waals surface area contributed by atoms with E-state index in [4.69, 9.17) is 12.2 Å². The van der Waals surface area contributed by atoms with Crippen molar-refractivity contribution in [3.63, 3.8) is 0 Å². The summed E-state index contributed by atoms with van der Waals surface area (Å²) in [6.07, 6.45) is 4.67. The molecule has 1 aliphatic rings. The van der Waals surface area contributed by atoms with Crippen molar-refractivity contribution in [3.05, 3.63) is 34.0 Å². The zero-order valence-corrected chi connectivity index (χ0v) is 17.2. The molecule has 140 valence electrons. The number of benzene rings is 1. The Labute approximate surface area is 166 Å². The molecular weight excluding hydrogens is 389 g/mol. The van der Waals surface area contributed by atoms with Gasteiger partial charge in [-0.05, 0) is 62.2 Å². The monoisotopic (exact) mass is 411 g/mol. The maximum Gasteiger partial charge on any atom is 0.233 e. The normalized spacial score (nSPS) is 21.3. The number of aromatic nitrogens is 2. The van der Waals surface area contributed by atoms with Gasteiger partial charge in [-0.15, -0.1) is 5.10 Å². The average Bonchev–Trinajstić information content (AvgIpc) is 2.97. The lowest BCUT2D eigenvalue weighted by molar-refractivity contribution is -0.121. The first-order valence-electron chi connectivity index (χ1n) is 8.77. The Morgan fingerprint density at radius 1 is 1.38 bits per heavy atom. The highest BCUT2D eigenvalue weighted by Gasteiger charge is 2.25. The molecule has 1 heterocycles. The topological polar surface area (TPSA) is 46.9 Å². The van der Waals surface area contributed by atoms with Crippen LogP contribution in [0, 0.1) is 15.7 Å². The van der Waals surface area contributed by atoms with Crippen molar-refractivity contribution in [1.82, 2.24) is 15.1 Å². The molecule has 4 nitrogen and oxygen atoms in total. The molecule has 0 radical (unpaired) electrons.